The zero-order chi connectivity index (χ0) is 16.3. The van der Waals surface area contributed by atoms with Crippen LogP contribution in [0.4, 0.5) is 19.1 Å². The van der Waals surface area contributed by atoms with E-state index in [1.165, 1.54) is 0 Å². The molecule has 0 aliphatic carbocycles. The normalized spacial score (nSPS) is 14.2. The predicted octanol–water partition coefficient (Wildman–Crippen LogP) is 3.27. The second-order valence-corrected chi connectivity index (χ2v) is 4.95. The van der Waals surface area contributed by atoms with Crippen molar-refractivity contribution in [2.45, 2.75) is 19.1 Å². The van der Waals surface area contributed by atoms with Gasteiger partial charge < -0.3 is 14.8 Å². The summed E-state index contributed by atoms with van der Waals surface area (Å²) in [4.78, 5) is 7.25. The summed E-state index contributed by atoms with van der Waals surface area (Å²) in [6.45, 7) is 1.45. The SMILES string of the molecule is FC(F)(F)c1ccnc(NCc2ccc3c(c2)OCCCO3)n1. The molecule has 2 heterocycles. The summed E-state index contributed by atoms with van der Waals surface area (Å²) in [6, 6.07) is 6.22. The Bertz CT molecular complexity index is 692. The number of benzene rings is 1. The minimum atomic E-state index is -4.49. The Kier molecular flexibility index (Phi) is 4.22. The number of rotatable bonds is 3. The average molecular weight is 325 g/mol. The smallest absolute Gasteiger partial charge is 0.433 e. The predicted molar refractivity (Wildman–Crippen MR) is 76.4 cm³/mol. The summed E-state index contributed by atoms with van der Waals surface area (Å²) in [5, 5.41) is 2.78. The van der Waals surface area contributed by atoms with Gasteiger partial charge in [0.25, 0.3) is 0 Å². The van der Waals surface area contributed by atoms with Gasteiger partial charge in [-0.3, -0.25) is 0 Å². The van der Waals surface area contributed by atoms with Crippen LogP contribution in [0, 0.1) is 0 Å². The first-order valence-electron chi connectivity index (χ1n) is 7.05. The molecular formula is C15H14F3N3O2. The molecule has 3 rings (SSSR count). The molecule has 0 saturated heterocycles. The van der Waals surface area contributed by atoms with Gasteiger partial charge in [-0.15, -0.1) is 0 Å². The molecular weight excluding hydrogens is 311 g/mol. The quantitative estimate of drug-likeness (QED) is 0.939. The topological polar surface area (TPSA) is 56.3 Å². The number of nitrogens with zero attached hydrogens (tertiary/aromatic N) is 2. The molecule has 1 aromatic carbocycles. The first-order valence-corrected chi connectivity index (χ1v) is 7.05. The number of fused-ring (bicyclic) bond motifs is 1. The number of anilines is 1. The van der Waals surface area contributed by atoms with Gasteiger partial charge in [-0.05, 0) is 23.8 Å². The Hall–Kier alpha value is -2.51. The van der Waals surface area contributed by atoms with E-state index in [9.17, 15) is 13.2 Å². The van der Waals surface area contributed by atoms with Crippen LogP contribution in [0.1, 0.15) is 17.7 Å². The Morgan fingerprint density at radius 1 is 1.09 bits per heavy atom. The van der Waals surface area contributed by atoms with E-state index in [1.807, 2.05) is 6.07 Å². The van der Waals surface area contributed by atoms with Crippen LogP contribution in [-0.4, -0.2) is 23.2 Å². The van der Waals surface area contributed by atoms with E-state index in [4.69, 9.17) is 9.47 Å². The van der Waals surface area contributed by atoms with E-state index in [0.717, 1.165) is 24.2 Å². The molecule has 0 atom stereocenters. The van der Waals surface area contributed by atoms with Crippen LogP contribution in [0.25, 0.3) is 0 Å². The van der Waals surface area contributed by atoms with Gasteiger partial charge in [0, 0.05) is 19.2 Å². The van der Waals surface area contributed by atoms with E-state index in [-0.39, 0.29) is 12.5 Å². The van der Waals surface area contributed by atoms with Crippen molar-refractivity contribution >= 4 is 5.95 Å². The molecule has 0 unspecified atom stereocenters. The fourth-order valence-electron chi connectivity index (χ4n) is 2.10. The van der Waals surface area contributed by atoms with Crippen LogP contribution in [0.2, 0.25) is 0 Å². The maximum atomic E-state index is 12.6. The van der Waals surface area contributed by atoms with Crippen molar-refractivity contribution in [3.63, 3.8) is 0 Å². The minimum Gasteiger partial charge on any atom is -0.490 e. The standard InChI is InChI=1S/C15H14F3N3O2/c16-15(17,18)13-4-5-19-14(21-13)20-9-10-2-3-11-12(8-10)23-7-1-6-22-11/h2-5,8H,1,6-7,9H2,(H,19,20,21). The number of hydrogen-bond acceptors (Lipinski definition) is 5. The minimum absolute atomic E-state index is 0.0769. The summed E-state index contributed by atoms with van der Waals surface area (Å²) in [5.41, 5.74) is -0.149. The fourth-order valence-corrected chi connectivity index (χ4v) is 2.10. The zero-order valence-corrected chi connectivity index (χ0v) is 12.1. The summed E-state index contributed by atoms with van der Waals surface area (Å²) in [6.07, 6.45) is -2.61. The van der Waals surface area contributed by atoms with Crippen molar-refractivity contribution in [3.05, 3.63) is 41.7 Å². The zero-order valence-electron chi connectivity index (χ0n) is 12.1. The lowest BCUT2D eigenvalue weighted by molar-refractivity contribution is -0.141. The molecule has 1 aliphatic heterocycles. The monoisotopic (exact) mass is 325 g/mol. The molecule has 122 valence electrons. The van der Waals surface area contributed by atoms with Crippen LogP contribution >= 0.6 is 0 Å². The Morgan fingerprint density at radius 2 is 1.87 bits per heavy atom. The number of halogens is 3. The van der Waals surface area contributed by atoms with Crippen molar-refractivity contribution in [3.8, 4) is 11.5 Å². The summed E-state index contributed by atoms with van der Waals surface area (Å²) in [5.74, 6) is 1.22. The second-order valence-electron chi connectivity index (χ2n) is 4.95. The second kappa shape index (κ2) is 6.31. The van der Waals surface area contributed by atoms with Gasteiger partial charge in [-0.1, -0.05) is 6.07 Å². The highest BCUT2D eigenvalue weighted by Gasteiger charge is 2.32. The molecule has 5 nitrogen and oxygen atoms in total. The van der Waals surface area contributed by atoms with E-state index in [2.05, 4.69) is 15.3 Å². The Labute approximate surface area is 130 Å². The lowest BCUT2D eigenvalue weighted by Gasteiger charge is -2.11. The number of nitrogens with one attached hydrogen (secondary N) is 1. The molecule has 2 aromatic rings. The first kappa shape index (κ1) is 15.4. The van der Waals surface area contributed by atoms with Crippen LogP contribution in [0.5, 0.6) is 11.5 Å². The van der Waals surface area contributed by atoms with Crippen LogP contribution in [-0.2, 0) is 12.7 Å². The molecule has 23 heavy (non-hydrogen) atoms. The van der Waals surface area contributed by atoms with Gasteiger partial charge in [0.15, 0.2) is 11.5 Å². The van der Waals surface area contributed by atoms with Crippen molar-refractivity contribution in [1.82, 2.24) is 9.97 Å². The van der Waals surface area contributed by atoms with Gasteiger partial charge >= 0.3 is 6.18 Å². The van der Waals surface area contributed by atoms with Gasteiger partial charge in [0.1, 0.15) is 5.69 Å². The lowest BCUT2D eigenvalue weighted by Crippen LogP contribution is -2.11. The van der Waals surface area contributed by atoms with Crippen LogP contribution in [0.3, 0.4) is 0 Å². The molecule has 0 spiro atoms. The van der Waals surface area contributed by atoms with E-state index < -0.39 is 11.9 Å². The van der Waals surface area contributed by atoms with Crippen molar-refractivity contribution in [1.29, 1.82) is 0 Å². The highest BCUT2D eigenvalue weighted by atomic mass is 19.4. The van der Waals surface area contributed by atoms with Crippen LogP contribution in [0.15, 0.2) is 30.5 Å². The van der Waals surface area contributed by atoms with Gasteiger partial charge in [0.2, 0.25) is 5.95 Å². The van der Waals surface area contributed by atoms with Gasteiger partial charge in [-0.25, -0.2) is 9.97 Å². The molecule has 0 amide bonds. The van der Waals surface area contributed by atoms with Crippen LogP contribution < -0.4 is 14.8 Å². The Balaban J connectivity index is 1.70. The number of ether oxygens (including phenoxy) is 2. The molecule has 0 saturated carbocycles. The summed E-state index contributed by atoms with van der Waals surface area (Å²) in [7, 11) is 0. The molecule has 0 fully saturated rings. The molecule has 1 aliphatic rings. The number of hydrogen-bond donors (Lipinski definition) is 1. The molecule has 0 radical (unpaired) electrons. The highest BCUT2D eigenvalue weighted by Crippen LogP contribution is 2.31. The average Bonchev–Trinajstić information content (AvgIpc) is 2.77. The maximum Gasteiger partial charge on any atom is 0.433 e. The third kappa shape index (κ3) is 3.82. The number of aromatic nitrogens is 2. The van der Waals surface area contributed by atoms with Crippen molar-refractivity contribution < 1.29 is 22.6 Å². The van der Waals surface area contributed by atoms with E-state index >= 15 is 0 Å². The van der Waals surface area contributed by atoms with Gasteiger partial charge in [-0.2, -0.15) is 13.2 Å². The summed E-state index contributed by atoms with van der Waals surface area (Å²) < 4.78 is 48.9. The maximum absolute atomic E-state index is 12.6. The Morgan fingerprint density at radius 3 is 2.65 bits per heavy atom. The molecule has 1 N–H and O–H groups in total. The van der Waals surface area contributed by atoms with Crippen molar-refractivity contribution in [2.75, 3.05) is 18.5 Å². The fraction of sp³-hybridized carbons (Fsp3) is 0.333. The van der Waals surface area contributed by atoms with E-state index in [0.29, 0.717) is 24.7 Å². The highest BCUT2D eigenvalue weighted by molar-refractivity contribution is 5.44. The third-order valence-electron chi connectivity index (χ3n) is 3.21. The molecule has 0 bridgehead atoms. The molecule has 8 heteroatoms. The number of alkyl halides is 3. The first-order chi connectivity index (χ1) is 11.0. The van der Waals surface area contributed by atoms with Gasteiger partial charge in [0.05, 0.1) is 13.2 Å². The largest absolute Gasteiger partial charge is 0.490 e. The third-order valence-corrected chi connectivity index (χ3v) is 3.21. The van der Waals surface area contributed by atoms with E-state index in [1.54, 1.807) is 12.1 Å². The summed E-state index contributed by atoms with van der Waals surface area (Å²) >= 11 is 0. The lowest BCUT2D eigenvalue weighted by atomic mass is 10.2. The van der Waals surface area contributed by atoms with Crippen molar-refractivity contribution in [2.24, 2.45) is 0 Å². The molecule has 1 aromatic heterocycles.